The molecule has 0 saturated carbocycles. The van der Waals surface area contributed by atoms with Crippen LogP contribution in [0.15, 0.2) is 0 Å². The third-order valence-electron chi connectivity index (χ3n) is 4.18. The first-order valence-corrected chi connectivity index (χ1v) is 13.4. The van der Waals surface area contributed by atoms with Gasteiger partial charge in [0.05, 0.1) is 21.5 Å². The van der Waals surface area contributed by atoms with E-state index in [9.17, 15) is 141 Å². The van der Waals surface area contributed by atoms with Gasteiger partial charge in [-0.3, -0.25) is 13.2 Å². The third-order valence-corrected chi connectivity index (χ3v) is 4.18. The van der Waals surface area contributed by atoms with E-state index in [1.165, 1.54) is 4.94 Å². The van der Waals surface area contributed by atoms with Gasteiger partial charge in [-0.05, 0) is 11.4 Å². The fraction of sp³-hybridized carbons (Fsp3) is 1.00. The van der Waals surface area contributed by atoms with E-state index in [4.69, 9.17) is 0 Å². The molecule has 0 aliphatic rings. The van der Waals surface area contributed by atoms with Gasteiger partial charge >= 0.3 is 54.9 Å². The van der Waals surface area contributed by atoms with Crippen LogP contribution in [0.25, 0.3) is 0 Å². The van der Waals surface area contributed by atoms with Crippen LogP contribution in [0.3, 0.4) is 0 Å². The SMILES string of the molecule is CC(F)(F)COC(F)(F)C(F)(F)C(F)(F)F.CC(F)(F)COC(F)(F)CC(F)(F)F.CF.CF.CF.COC(CC(C)(F)F)C(F)(F)F.FOC(F)(F)C(F)(F)C(F)(F)F. The van der Waals surface area contributed by atoms with Gasteiger partial charge in [-0.1, -0.05) is 0 Å². The maximum atomic E-state index is 12.2. The average molecular weight is 990 g/mol. The van der Waals surface area contributed by atoms with Gasteiger partial charge in [0.2, 0.25) is 5.92 Å². The predicted octanol–water partition coefficient (Wildman–Crippen LogP) is 13.7. The monoisotopic (exact) mass is 990 g/mol. The van der Waals surface area contributed by atoms with Gasteiger partial charge in [-0.15, -0.1) is 4.94 Å². The Labute approximate surface area is 315 Å². The Hall–Kier alpha value is -2.40. The van der Waals surface area contributed by atoms with Crippen molar-refractivity contribution in [3.8, 4) is 0 Å². The van der Waals surface area contributed by atoms with Crippen molar-refractivity contribution >= 4 is 0 Å². The molecule has 0 aliphatic carbocycles. The van der Waals surface area contributed by atoms with Crippen molar-refractivity contribution < 1.29 is 160 Å². The van der Waals surface area contributed by atoms with E-state index >= 15 is 0 Å². The molecule has 0 saturated heterocycles. The van der Waals surface area contributed by atoms with E-state index in [1.807, 2.05) is 0 Å². The molecule has 0 aromatic rings. The van der Waals surface area contributed by atoms with Gasteiger partial charge in [-0.2, -0.15) is 96.6 Å². The van der Waals surface area contributed by atoms with Gasteiger partial charge in [-0.25, -0.2) is 26.3 Å². The normalized spacial score (nSPS) is 14.1. The maximum Gasteiger partial charge on any atom is 0.463 e. The first kappa shape index (κ1) is 72.1. The molecule has 4 nitrogen and oxygen atoms in total. The van der Waals surface area contributed by atoms with Crippen LogP contribution >= 0.6 is 0 Å². The fourth-order valence-electron chi connectivity index (χ4n) is 1.86. The molecule has 0 fully saturated rings. The third kappa shape index (κ3) is 34.2. The van der Waals surface area contributed by atoms with Gasteiger partial charge < -0.3 is 14.2 Å². The van der Waals surface area contributed by atoms with E-state index in [0.29, 0.717) is 28.5 Å². The average Bonchev–Trinajstić information content (AvgIpc) is 3.02. The summed E-state index contributed by atoms with van der Waals surface area (Å²) < 4.78 is 376. The molecule has 1 atom stereocenters. The molecular formula is C24H30F32O4. The highest BCUT2D eigenvalue weighted by atomic mass is 19.4. The van der Waals surface area contributed by atoms with Crippen LogP contribution in [0.1, 0.15) is 33.6 Å². The van der Waals surface area contributed by atoms with Gasteiger partial charge in [0.25, 0.3) is 11.8 Å². The van der Waals surface area contributed by atoms with Gasteiger partial charge in [0.15, 0.2) is 6.10 Å². The molecule has 0 radical (unpaired) electrons. The Bertz CT molecular complexity index is 1050. The summed E-state index contributed by atoms with van der Waals surface area (Å²) in [5, 5.41) is 0. The number of alkyl halides is 31. The van der Waals surface area contributed by atoms with Crippen molar-refractivity contribution in [1.29, 1.82) is 0 Å². The van der Waals surface area contributed by atoms with Crippen LogP contribution in [0.2, 0.25) is 0 Å². The highest BCUT2D eigenvalue weighted by Crippen LogP contribution is 2.48. The second kappa shape index (κ2) is 26.9. The number of halogens is 32. The van der Waals surface area contributed by atoms with E-state index in [-0.39, 0.29) is 13.8 Å². The minimum atomic E-state index is -6.60. The zero-order valence-electron chi connectivity index (χ0n) is 30.1. The standard InChI is InChI=1S/C6H5F9O.C6H7F7O.C6H9F5O.C3F8O.3CH3F/c1-3(7,8)2-16-6(14,15)4(9,10)5(11,12)13;1-4(7,8)3-14-6(12,13)2-5(9,10)11;1-5(7,8)3-4(12-2)6(9,10)11;4-1(5,2(6,7)8)3(9,10)12-11;3*1-2/h2H2,1H3;2-3H2,1H3;4H,3H2,1-2H3;;3*1H3. The van der Waals surface area contributed by atoms with Crippen molar-refractivity contribution in [3.05, 3.63) is 0 Å². The summed E-state index contributed by atoms with van der Waals surface area (Å²) in [5.74, 6) is -24.0. The molecule has 0 amide bonds. The number of ether oxygens (including phenoxy) is 3. The van der Waals surface area contributed by atoms with Crippen LogP contribution in [-0.4, -0.2) is 121 Å². The van der Waals surface area contributed by atoms with E-state index in [2.05, 4.69) is 14.2 Å². The van der Waals surface area contributed by atoms with Crippen LogP contribution in [0, 0.1) is 0 Å². The lowest BCUT2D eigenvalue weighted by atomic mass is 10.1. The van der Waals surface area contributed by atoms with Crippen LogP contribution in [-0.2, 0) is 19.2 Å². The Kier molecular flexibility index (Phi) is 32.4. The van der Waals surface area contributed by atoms with Crippen molar-refractivity contribution in [2.24, 2.45) is 0 Å². The molecule has 60 heavy (non-hydrogen) atoms. The molecule has 0 aromatic carbocycles. The predicted molar refractivity (Wildman–Crippen MR) is 136 cm³/mol. The number of hydrogen-bond acceptors (Lipinski definition) is 4. The quantitative estimate of drug-likeness (QED) is 0.172. The zero-order chi connectivity index (χ0) is 51.2. The fourth-order valence-corrected chi connectivity index (χ4v) is 1.86. The van der Waals surface area contributed by atoms with Crippen molar-refractivity contribution in [3.63, 3.8) is 0 Å². The second-order valence-corrected chi connectivity index (χ2v) is 9.94. The smallest absolute Gasteiger partial charge is 0.372 e. The van der Waals surface area contributed by atoms with Crippen LogP contribution < -0.4 is 0 Å². The Morgan fingerprint density at radius 2 is 0.700 bits per heavy atom. The lowest BCUT2D eigenvalue weighted by Crippen LogP contribution is -2.54. The topological polar surface area (TPSA) is 36.9 Å². The summed E-state index contributed by atoms with van der Waals surface area (Å²) in [6.07, 6.45) is -46.2. The second-order valence-electron chi connectivity index (χ2n) is 9.94. The number of hydrogen-bond donors (Lipinski definition) is 0. The Balaban J connectivity index is -0.000000120. The van der Waals surface area contributed by atoms with Gasteiger partial charge in [0, 0.05) is 27.4 Å². The zero-order valence-corrected chi connectivity index (χ0v) is 30.1. The molecule has 0 heterocycles. The number of methoxy groups -OCH3 is 1. The molecule has 374 valence electrons. The van der Waals surface area contributed by atoms with Crippen molar-refractivity contribution in [2.45, 2.75) is 112 Å². The lowest BCUT2D eigenvalue weighted by Gasteiger charge is -2.28. The summed E-state index contributed by atoms with van der Waals surface area (Å²) in [6.45, 7) is -3.31. The molecule has 1 unspecified atom stereocenters. The number of rotatable bonds is 13. The van der Waals surface area contributed by atoms with Crippen molar-refractivity contribution in [2.75, 3.05) is 41.9 Å². The first-order valence-electron chi connectivity index (χ1n) is 13.4. The summed E-state index contributed by atoms with van der Waals surface area (Å²) in [7, 11) is 2.25. The maximum absolute atomic E-state index is 12.2. The molecule has 0 rings (SSSR count). The molecule has 0 bridgehead atoms. The van der Waals surface area contributed by atoms with Crippen molar-refractivity contribution in [1.82, 2.24) is 0 Å². The Morgan fingerprint density at radius 3 is 0.867 bits per heavy atom. The molecule has 0 N–H and O–H groups in total. The van der Waals surface area contributed by atoms with E-state index in [0.717, 1.165) is 7.11 Å². The Morgan fingerprint density at radius 1 is 0.417 bits per heavy atom. The van der Waals surface area contributed by atoms with Crippen LogP contribution in [0.4, 0.5) is 141 Å². The first-order chi connectivity index (χ1) is 25.8. The van der Waals surface area contributed by atoms with E-state index in [1.54, 1.807) is 0 Å². The van der Waals surface area contributed by atoms with E-state index < -0.39 is 105 Å². The largest absolute Gasteiger partial charge is 0.463 e. The molecule has 0 aromatic heterocycles. The summed E-state index contributed by atoms with van der Waals surface area (Å²) in [4.78, 5) is 1.23. The lowest BCUT2D eigenvalue weighted by molar-refractivity contribution is -0.471. The summed E-state index contributed by atoms with van der Waals surface area (Å²) in [5.41, 5.74) is 0. The highest BCUT2D eigenvalue weighted by Gasteiger charge is 2.76. The highest BCUT2D eigenvalue weighted by molar-refractivity contribution is 4.85. The molecule has 36 heteroatoms. The summed E-state index contributed by atoms with van der Waals surface area (Å²) in [6, 6.07) is 0. The molecule has 0 aliphatic heterocycles. The van der Waals surface area contributed by atoms with Gasteiger partial charge in [0.1, 0.15) is 19.6 Å². The molecule has 0 spiro atoms. The minimum absolute atomic E-state index is 0.0226. The summed E-state index contributed by atoms with van der Waals surface area (Å²) >= 11 is 0. The van der Waals surface area contributed by atoms with Crippen LogP contribution in [0.5, 0.6) is 0 Å². The minimum Gasteiger partial charge on any atom is -0.372 e. The molecular weight excluding hydrogens is 960 g/mol.